The van der Waals surface area contributed by atoms with E-state index in [4.69, 9.17) is 23.2 Å². The molecule has 1 aliphatic rings. The van der Waals surface area contributed by atoms with Gasteiger partial charge in [-0.25, -0.2) is 0 Å². The second-order valence-corrected chi connectivity index (χ2v) is 5.36. The molecule has 1 aromatic carbocycles. The number of pyridine rings is 1. The zero-order valence-electron chi connectivity index (χ0n) is 10.4. The summed E-state index contributed by atoms with van der Waals surface area (Å²) in [6.07, 6.45) is -1.09. The molecule has 0 aliphatic carbocycles. The summed E-state index contributed by atoms with van der Waals surface area (Å²) in [5, 5.41) is 0.0877. The van der Waals surface area contributed by atoms with Crippen molar-refractivity contribution in [2.45, 2.75) is 12.6 Å². The lowest BCUT2D eigenvalue weighted by atomic mass is 10.0. The van der Waals surface area contributed by atoms with Crippen LogP contribution in [-0.4, -0.2) is 10.7 Å². The highest BCUT2D eigenvalue weighted by molar-refractivity contribution is 6.34. The summed E-state index contributed by atoms with van der Waals surface area (Å²) < 4.78 is 38.5. The Morgan fingerprint density at radius 1 is 1.10 bits per heavy atom. The Morgan fingerprint density at radius 3 is 2.52 bits per heavy atom. The van der Waals surface area contributed by atoms with Crippen molar-refractivity contribution < 1.29 is 13.2 Å². The Labute approximate surface area is 128 Å². The van der Waals surface area contributed by atoms with Crippen LogP contribution in [0.3, 0.4) is 0 Å². The van der Waals surface area contributed by atoms with E-state index >= 15 is 0 Å². The smallest absolute Gasteiger partial charge is 0.263 e. The first-order valence-electron chi connectivity index (χ1n) is 5.93. The zero-order valence-corrected chi connectivity index (χ0v) is 11.9. The third-order valence-corrected chi connectivity index (χ3v) is 3.78. The average Bonchev–Trinajstić information content (AvgIpc) is 2.79. The Morgan fingerprint density at radius 2 is 1.86 bits per heavy atom. The van der Waals surface area contributed by atoms with Crippen LogP contribution in [0.25, 0.3) is 0 Å². The van der Waals surface area contributed by atoms with Crippen molar-refractivity contribution in [3.8, 4) is 0 Å². The average molecular weight is 331 g/mol. The van der Waals surface area contributed by atoms with Gasteiger partial charge in [0.2, 0.25) is 0 Å². The first kappa shape index (κ1) is 14.4. The van der Waals surface area contributed by atoms with Gasteiger partial charge in [-0.1, -0.05) is 23.2 Å². The predicted octanol–water partition coefficient (Wildman–Crippen LogP) is 5.08. The summed E-state index contributed by atoms with van der Waals surface area (Å²) in [6, 6.07) is 3.96. The summed E-state index contributed by atoms with van der Waals surface area (Å²) in [7, 11) is 0. The maximum Gasteiger partial charge on any atom is 0.417 e. The summed E-state index contributed by atoms with van der Waals surface area (Å²) in [4.78, 5) is 8.11. The minimum Gasteiger partial charge on any atom is -0.263 e. The molecule has 0 N–H and O–H groups in total. The molecule has 0 saturated heterocycles. The van der Waals surface area contributed by atoms with Crippen molar-refractivity contribution in [2.75, 3.05) is 0 Å². The fourth-order valence-corrected chi connectivity index (χ4v) is 2.72. The molecule has 2 heterocycles. The van der Waals surface area contributed by atoms with E-state index in [0.29, 0.717) is 28.3 Å². The third-order valence-electron chi connectivity index (χ3n) is 3.17. The zero-order chi connectivity index (χ0) is 15.2. The van der Waals surface area contributed by atoms with Crippen LogP contribution in [0.4, 0.5) is 18.9 Å². The van der Waals surface area contributed by atoms with Gasteiger partial charge in [0, 0.05) is 24.4 Å². The van der Waals surface area contributed by atoms with Gasteiger partial charge in [0.1, 0.15) is 0 Å². The molecule has 3 rings (SSSR count). The molecule has 0 radical (unpaired) electrons. The van der Waals surface area contributed by atoms with Gasteiger partial charge in [0.05, 0.1) is 27.0 Å². The molecule has 0 bridgehead atoms. The van der Waals surface area contributed by atoms with Crippen molar-refractivity contribution in [2.24, 2.45) is 4.99 Å². The van der Waals surface area contributed by atoms with Crippen molar-refractivity contribution in [1.82, 2.24) is 4.98 Å². The first-order valence-corrected chi connectivity index (χ1v) is 6.69. The monoisotopic (exact) mass is 330 g/mol. The van der Waals surface area contributed by atoms with Gasteiger partial charge in [0.25, 0.3) is 0 Å². The molecule has 7 heteroatoms. The number of nitrogens with zero attached hydrogens (tertiary/aromatic N) is 2. The number of fused-ring (bicyclic) bond motifs is 1. The van der Waals surface area contributed by atoms with Gasteiger partial charge in [-0.3, -0.25) is 9.98 Å². The Balaban J connectivity index is 2.06. The number of aliphatic imine (C=N–C) groups is 1. The molecule has 21 heavy (non-hydrogen) atoms. The van der Waals surface area contributed by atoms with E-state index in [-0.39, 0.29) is 10.7 Å². The number of halogens is 5. The largest absolute Gasteiger partial charge is 0.417 e. The van der Waals surface area contributed by atoms with Crippen LogP contribution < -0.4 is 0 Å². The van der Waals surface area contributed by atoms with E-state index in [1.807, 2.05) is 0 Å². The third kappa shape index (κ3) is 2.63. The van der Waals surface area contributed by atoms with Crippen LogP contribution in [0, 0.1) is 0 Å². The molecule has 0 fully saturated rings. The number of hydrogen-bond donors (Lipinski definition) is 0. The summed E-state index contributed by atoms with van der Waals surface area (Å²) in [6.45, 7) is 0. The second kappa shape index (κ2) is 5.00. The fraction of sp³-hybridized carbons (Fsp3) is 0.143. The molecule has 2 nitrogen and oxygen atoms in total. The molecule has 1 aliphatic heterocycles. The van der Waals surface area contributed by atoms with Crippen molar-refractivity contribution >= 4 is 34.6 Å². The van der Waals surface area contributed by atoms with Gasteiger partial charge < -0.3 is 0 Å². The van der Waals surface area contributed by atoms with E-state index in [1.54, 1.807) is 12.3 Å². The highest BCUT2D eigenvalue weighted by Gasteiger charge is 2.35. The Bertz CT molecular complexity index is 754. The molecular formula is C14H7Cl2F3N2. The number of aromatic nitrogens is 1. The van der Waals surface area contributed by atoms with Gasteiger partial charge in [0.15, 0.2) is 0 Å². The number of benzene rings is 1. The number of rotatable bonds is 1. The fourth-order valence-electron chi connectivity index (χ4n) is 2.20. The quantitative estimate of drug-likeness (QED) is 0.715. The summed E-state index contributed by atoms with van der Waals surface area (Å²) >= 11 is 11.7. The lowest BCUT2D eigenvalue weighted by Gasteiger charge is -2.10. The lowest BCUT2D eigenvalue weighted by Crippen LogP contribution is -2.06. The van der Waals surface area contributed by atoms with Crippen LogP contribution in [-0.2, 0) is 12.6 Å². The molecular weight excluding hydrogens is 324 g/mol. The van der Waals surface area contributed by atoms with E-state index in [1.165, 1.54) is 12.3 Å². The van der Waals surface area contributed by atoms with E-state index < -0.39 is 11.7 Å². The SMILES string of the molecule is FC(F)(F)c1cc2c(cc1Cl)CC(c1ccncc1Cl)=N2. The predicted molar refractivity (Wildman–Crippen MR) is 75.6 cm³/mol. The van der Waals surface area contributed by atoms with Crippen molar-refractivity contribution in [3.63, 3.8) is 0 Å². The maximum atomic E-state index is 12.8. The van der Waals surface area contributed by atoms with Crippen molar-refractivity contribution in [3.05, 3.63) is 57.3 Å². The Hall–Kier alpha value is -1.59. The maximum absolute atomic E-state index is 12.8. The van der Waals surface area contributed by atoms with Crippen molar-refractivity contribution in [1.29, 1.82) is 0 Å². The van der Waals surface area contributed by atoms with Gasteiger partial charge in [-0.15, -0.1) is 0 Å². The Kier molecular flexibility index (Phi) is 3.42. The standard InChI is InChI=1S/C14H7Cl2F3N2/c15-10-3-7-4-13(8-1-2-20-6-11(8)16)21-12(7)5-9(10)14(17,18)19/h1-3,5-6H,4H2. The molecule has 0 saturated carbocycles. The molecule has 0 spiro atoms. The lowest BCUT2D eigenvalue weighted by molar-refractivity contribution is -0.137. The van der Waals surface area contributed by atoms with Crippen LogP contribution in [0.1, 0.15) is 16.7 Å². The summed E-state index contributed by atoms with van der Waals surface area (Å²) in [5.74, 6) is 0. The molecule has 1 aromatic heterocycles. The van der Waals surface area contributed by atoms with E-state index in [2.05, 4.69) is 9.98 Å². The molecule has 0 amide bonds. The second-order valence-electron chi connectivity index (χ2n) is 4.55. The van der Waals surface area contributed by atoms with Crippen LogP contribution in [0.5, 0.6) is 0 Å². The minimum atomic E-state index is -4.50. The molecule has 0 unspecified atom stereocenters. The summed E-state index contributed by atoms with van der Waals surface area (Å²) in [5.41, 5.74) is 1.31. The normalized spacial score (nSPS) is 14.0. The first-order chi connectivity index (χ1) is 9.86. The van der Waals surface area contributed by atoms with Gasteiger partial charge >= 0.3 is 6.18 Å². The van der Waals surface area contributed by atoms with Gasteiger partial charge in [-0.2, -0.15) is 13.2 Å². The highest BCUT2D eigenvalue weighted by Crippen LogP contribution is 2.41. The number of alkyl halides is 3. The molecule has 0 atom stereocenters. The van der Waals surface area contributed by atoms with E-state index in [9.17, 15) is 13.2 Å². The molecule has 108 valence electrons. The van der Waals surface area contributed by atoms with Crippen LogP contribution in [0.15, 0.2) is 35.6 Å². The minimum absolute atomic E-state index is 0.273. The topological polar surface area (TPSA) is 25.2 Å². The van der Waals surface area contributed by atoms with E-state index in [0.717, 1.165) is 6.07 Å². The highest BCUT2D eigenvalue weighted by atomic mass is 35.5. The van der Waals surface area contributed by atoms with Crippen LogP contribution >= 0.6 is 23.2 Å². The number of hydrogen-bond acceptors (Lipinski definition) is 2. The van der Waals surface area contributed by atoms with Crippen LogP contribution in [0.2, 0.25) is 10.0 Å². The molecule has 2 aromatic rings. The van der Waals surface area contributed by atoms with Gasteiger partial charge in [-0.05, 0) is 23.8 Å².